The van der Waals surface area contributed by atoms with E-state index in [1.165, 1.54) is 48.5 Å². The van der Waals surface area contributed by atoms with Crippen molar-refractivity contribution in [3.8, 4) is 11.5 Å². The molecule has 2 atom stereocenters. The van der Waals surface area contributed by atoms with E-state index in [0.717, 1.165) is 44.6 Å². The predicted molar refractivity (Wildman–Crippen MR) is 173 cm³/mol. The van der Waals surface area contributed by atoms with Crippen LogP contribution in [0.4, 0.5) is 0 Å². The van der Waals surface area contributed by atoms with Crippen molar-refractivity contribution in [1.82, 2.24) is 14.8 Å². The van der Waals surface area contributed by atoms with Gasteiger partial charge in [0.1, 0.15) is 11.5 Å². The molecule has 0 aliphatic carbocycles. The summed E-state index contributed by atoms with van der Waals surface area (Å²) < 4.78 is 50.2. The van der Waals surface area contributed by atoms with Gasteiger partial charge in [0.05, 0.1) is 20.3 Å². The Hall–Kier alpha value is -3.51. The van der Waals surface area contributed by atoms with Gasteiger partial charge in [0.15, 0.2) is 19.7 Å². The Kier molecular flexibility index (Phi) is 11.7. The molecule has 2 aliphatic rings. The smallest absolute Gasteiger partial charge is 0.182 e. The average Bonchev–Trinajstić information content (AvgIpc) is 3.71. The maximum Gasteiger partial charge on any atom is 0.182 e. The Morgan fingerprint density at radius 1 is 0.773 bits per heavy atom. The summed E-state index contributed by atoms with van der Waals surface area (Å²) in [7, 11) is -6.63. The predicted octanol–water partition coefficient (Wildman–Crippen LogP) is 4.56. The highest BCUT2D eigenvalue weighted by Gasteiger charge is 2.34. The second-order valence-corrected chi connectivity index (χ2v) is 15.5. The van der Waals surface area contributed by atoms with Gasteiger partial charge in [-0.2, -0.15) is 0 Å². The Morgan fingerprint density at radius 3 is 1.73 bits per heavy atom. The Morgan fingerprint density at radius 2 is 1.27 bits per heavy atom. The third kappa shape index (κ3) is 9.01. The van der Waals surface area contributed by atoms with Crippen molar-refractivity contribution in [3.05, 3.63) is 97.4 Å². The lowest BCUT2D eigenvalue weighted by Crippen LogP contribution is -2.27. The molecule has 2 saturated heterocycles. The molecule has 2 aromatic carbocycles. The van der Waals surface area contributed by atoms with Gasteiger partial charge in [-0.1, -0.05) is 24.3 Å². The lowest BCUT2D eigenvalue weighted by atomic mass is 10.2. The number of rotatable bonds is 11. The van der Waals surface area contributed by atoms with Gasteiger partial charge in [-0.05, 0) is 98.9 Å². The van der Waals surface area contributed by atoms with E-state index in [1.54, 1.807) is 6.20 Å². The van der Waals surface area contributed by atoms with Gasteiger partial charge in [0.2, 0.25) is 0 Å². The quantitative estimate of drug-likeness (QED) is 0.290. The summed E-state index contributed by atoms with van der Waals surface area (Å²) in [6.07, 6.45) is 12.6. The SMILES string of the molecule is C=CCCN1CCC(S(=O)(=O)c2ccc(O)cc2)C1.O=S(=O)(c1ccc(O)cc1)C1CCN(CCC=Cc2cccnc2)C1. The molecule has 3 heterocycles. The number of likely N-dealkylation sites (tertiary alicyclic amines) is 2. The first-order valence-corrected chi connectivity index (χ1v) is 17.9. The summed E-state index contributed by atoms with van der Waals surface area (Å²) in [5.41, 5.74) is 1.07. The van der Waals surface area contributed by atoms with E-state index in [4.69, 9.17) is 0 Å². The van der Waals surface area contributed by atoms with Gasteiger partial charge in [-0.3, -0.25) is 4.98 Å². The summed E-state index contributed by atoms with van der Waals surface area (Å²) in [5, 5.41) is 17.8. The van der Waals surface area contributed by atoms with Crippen LogP contribution in [-0.2, 0) is 19.7 Å². The van der Waals surface area contributed by atoms with E-state index in [-0.39, 0.29) is 26.9 Å². The fourth-order valence-corrected chi connectivity index (χ4v) is 8.83. The molecule has 0 radical (unpaired) electrons. The maximum absolute atomic E-state index is 12.7. The number of sulfone groups is 2. The van der Waals surface area contributed by atoms with Crippen molar-refractivity contribution >= 4 is 25.8 Å². The minimum Gasteiger partial charge on any atom is -0.508 e. The van der Waals surface area contributed by atoms with Crippen molar-refractivity contribution in [2.24, 2.45) is 0 Å². The average molecular weight is 640 g/mol. The third-order valence-corrected chi connectivity index (χ3v) is 12.3. The Balaban J connectivity index is 0.000000209. The second kappa shape index (κ2) is 15.5. The first-order valence-electron chi connectivity index (χ1n) is 14.8. The van der Waals surface area contributed by atoms with E-state index < -0.39 is 19.7 Å². The fraction of sp³-hybridized carbons (Fsp3) is 0.364. The number of aromatic nitrogens is 1. The van der Waals surface area contributed by atoms with Crippen LogP contribution in [0.1, 0.15) is 31.2 Å². The zero-order valence-corrected chi connectivity index (χ0v) is 26.4. The fourth-order valence-electron chi connectivity index (χ4n) is 5.39. The highest BCUT2D eigenvalue weighted by molar-refractivity contribution is 7.92. The summed E-state index contributed by atoms with van der Waals surface area (Å²) in [5.74, 6) is 0.158. The number of phenols is 2. The molecule has 0 amide bonds. The number of phenolic OH excluding ortho intramolecular Hbond substituents is 2. The van der Waals surface area contributed by atoms with E-state index >= 15 is 0 Å². The highest BCUT2D eigenvalue weighted by atomic mass is 32.2. The van der Waals surface area contributed by atoms with Crippen molar-refractivity contribution in [2.75, 3.05) is 39.3 Å². The van der Waals surface area contributed by atoms with Crippen molar-refractivity contribution in [3.63, 3.8) is 0 Å². The zero-order chi connectivity index (χ0) is 31.6. The van der Waals surface area contributed by atoms with Crippen molar-refractivity contribution in [1.29, 1.82) is 0 Å². The van der Waals surface area contributed by atoms with Gasteiger partial charge < -0.3 is 20.0 Å². The molecule has 1 aromatic heterocycles. The van der Waals surface area contributed by atoms with Crippen LogP contribution in [0.2, 0.25) is 0 Å². The molecule has 5 rings (SSSR count). The second-order valence-electron chi connectivity index (χ2n) is 11.1. The molecular formula is C33H41N3O6S2. The van der Waals surface area contributed by atoms with Crippen LogP contribution in [0.15, 0.2) is 102 Å². The van der Waals surface area contributed by atoms with Crippen LogP contribution >= 0.6 is 0 Å². The molecule has 2 aliphatic heterocycles. The monoisotopic (exact) mass is 639 g/mol. The lowest BCUT2D eigenvalue weighted by molar-refractivity contribution is 0.346. The van der Waals surface area contributed by atoms with E-state index in [0.29, 0.717) is 30.8 Å². The van der Waals surface area contributed by atoms with Crippen LogP contribution in [0.3, 0.4) is 0 Å². The lowest BCUT2D eigenvalue weighted by Gasteiger charge is -2.15. The molecule has 236 valence electrons. The molecule has 9 nitrogen and oxygen atoms in total. The Bertz CT molecular complexity index is 1590. The maximum atomic E-state index is 12.7. The van der Waals surface area contributed by atoms with Gasteiger partial charge in [0, 0.05) is 38.6 Å². The normalized spacial score (nSPS) is 19.5. The van der Waals surface area contributed by atoms with Gasteiger partial charge in [-0.15, -0.1) is 6.58 Å². The summed E-state index contributed by atoms with van der Waals surface area (Å²) in [4.78, 5) is 8.99. The number of hydrogen-bond acceptors (Lipinski definition) is 9. The van der Waals surface area contributed by atoms with Crippen LogP contribution in [0.25, 0.3) is 6.08 Å². The van der Waals surface area contributed by atoms with Gasteiger partial charge in [-0.25, -0.2) is 16.8 Å². The van der Waals surface area contributed by atoms with Crippen LogP contribution in [0.5, 0.6) is 11.5 Å². The summed E-state index contributed by atoms with van der Waals surface area (Å²) in [6, 6.07) is 15.5. The first-order chi connectivity index (χ1) is 21.1. The van der Waals surface area contributed by atoms with E-state index in [1.807, 2.05) is 30.5 Å². The topological polar surface area (TPSA) is 128 Å². The van der Waals surface area contributed by atoms with Gasteiger partial charge in [0.25, 0.3) is 0 Å². The molecule has 11 heteroatoms. The molecular weight excluding hydrogens is 599 g/mol. The molecule has 2 N–H and O–H groups in total. The largest absolute Gasteiger partial charge is 0.508 e. The van der Waals surface area contributed by atoms with E-state index in [2.05, 4.69) is 27.4 Å². The standard InChI is InChI=1S/C19H22N2O3S.C14H19NO3S/c22-17-6-8-18(9-7-17)25(23,24)19-10-13-21(15-19)12-2-1-4-16-5-3-11-20-14-16;1-2-3-9-15-10-8-14(11-15)19(17,18)13-6-4-12(16)5-7-13/h1,3-9,11,14,19,22H,2,10,12-13,15H2;2,4-7,14,16H,1,3,8-11H2. The Labute approximate surface area is 261 Å². The number of hydrogen-bond donors (Lipinski definition) is 2. The number of nitrogens with zero attached hydrogens (tertiary/aromatic N) is 3. The van der Waals surface area contributed by atoms with Crippen molar-refractivity contribution < 1.29 is 27.0 Å². The number of benzene rings is 2. The molecule has 44 heavy (non-hydrogen) atoms. The van der Waals surface area contributed by atoms with Crippen molar-refractivity contribution in [2.45, 2.75) is 46.0 Å². The summed E-state index contributed by atoms with van der Waals surface area (Å²) in [6.45, 7) is 8.14. The molecule has 0 bridgehead atoms. The molecule has 3 aromatic rings. The van der Waals surface area contributed by atoms with Crippen LogP contribution < -0.4 is 0 Å². The molecule has 2 unspecified atom stereocenters. The minimum absolute atomic E-state index is 0.0763. The third-order valence-electron chi connectivity index (χ3n) is 7.92. The number of pyridine rings is 1. The molecule has 0 saturated carbocycles. The van der Waals surface area contributed by atoms with Crippen LogP contribution in [-0.4, -0.2) is 91.6 Å². The summed E-state index contributed by atoms with van der Waals surface area (Å²) >= 11 is 0. The minimum atomic E-state index is -3.34. The molecule has 2 fully saturated rings. The number of aromatic hydroxyl groups is 2. The van der Waals surface area contributed by atoms with Gasteiger partial charge >= 0.3 is 0 Å². The van der Waals surface area contributed by atoms with E-state index in [9.17, 15) is 27.0 Å². The molecule has 0 spiro atoms. The highest BCUT2D eigenvalue weighted by Crippen LogP contribution is 2.26. The zero-order valence-electron chi connectivity index (χ0n) is 24.8. The first kappa shape index (κ1) is 33.4. The van der Waals surface area contributed by atoms with Crippen LogP contribution in [0, 0.1) is 0 Å².